The molecule has 4 aromatic rings. The molecule has 0 radical (unpaired) electrons. The molecule has 0 bridgehead atoms. The fraction of sp³-hybridized carbons (Fsp3) is 0.217. The summed E-state index contributed by atoms with van der Waals surface area (Å²) in [5.74, 6) is -0.162. The summed E-state index contributed by atoms with van der Waals surface area (Å²) >= 11 is 0. The van der Waals surface area contributed by atoms with E-state index in [2.05, 4.69) is 0 Å². The lowest BCUT2D eigenvalue weighted by molar-refractivity contribution is 0.0984. The zero-order valence-corrected chi connectivity index (χ0v) is 16.4. The number of para-hydroxylation sites is 1. The van der Waals surface area contributed by atoms with E-state index in [-0.39, 0.29) is 5.91 Å². The molecule has 2 aromatic carbocycles. The van der Waals surface area contributed by atoms with Crippen LogP contribution in [0.5, 0.6) is 0 Å². The number of fused-ring (bicyclic) bond motifs is 3. The number of aromatic nitrogens is 1. The van der Waals surface area contributed by atoms with Crippen LogP contribution in [-0.4, -0.2) is 17.5 Å². The maximum absolute atomic E-state index is 13.3. The van der Waals surface area contributed by atoms with Crippen molar-refractivity contribution >= 4 is 33.5 Å². The Morgan fingerprint density at radius 3 is 2.50 bits per heavy atom. The van der Waals surface area contributed by atoms with Gasteiger partial charge in [0.05, 0.1) is 10.9 Å². The quantitative estimate of drug-likeness (QED) is 0.490. The number of aryl methyl sites for hydroxylation is 3. The normalized spacial score (nSPS) is 11.3. The molecule has 5 nitrogen and oxygen atoms in total. The molecule has 2 heterocycles. The summed E-state index contributed by atoms with van der Waals surface area (Å²) in [5.41, 5.74) is 4.43. The Bertz CT molecular complexity index is 1280. The number of anilines is 1. The minimum atomic E-state index is -0.427. The van der Waals surface area contributed by atoms with Crippen molar-refractivity contribution in [2.24, 2.45) is 0 Å². The highest BCUT2D eigenvalue weighted by Crippen LogP contribution is 2.28. The minimum Gasteiger partial charge on any atom is -0.422 e. The van der Waals surface area contributed by atoms with Gasteiger partial charge in [-0.3, -0.25) is 4.79 Å². The molecule has 0 aliphatic heterocycles. The molecule has 2 aromatic heterocycles. The molecule has 0 spiro atoms. The summed E-state index contributed by atoms with van der Waals surface area (Å²) in [7, 11) is 1.75. The van der Waals surface area contributed by atoms with Crippen LogP contribution >= 0.6 is 0 Å². The highest BCUT2D eigenvalue weighted by molar-refractivity contribution is 6.11. The van der Waals surface area contributed by atoms with Crippen molar-refractivity contribution in [3.63, 3.8) is 0 Å². The van der Waals surface area contributed by atoms with E-state index in [9.17, 15) is 9.59 Å². The third-order valence-electron chi connectivity index (χ3n) is 5.38. The number of benzene rings is 2. The third kappa shape index (κ3) is 2.71. The van der Waals surface area contributed by atoms with Crippen LogP contribution in [0.1, 0.15) is 28.5 Å². The Labute approximate surface area is 162 Å². The summed E-state index contributed by atoms with van der Waals surface area (Å²) in [6, 6.07) is 15.0. The monoisotopic (exact) mass is 374 g/mol. The number of hydrogen-bond acceptors (Lipinski definition) is 3. The van der Waals surface area contributed by atoms with Crippen LogP contribution in [0.4, 0.5) is 5.69 Å². The second kappa shape index (κ2) is 6.68. The maximum Gasteiger partial charge on any atom is 0.345 e. The molecule has 0 N–H and O–H groups in total. The van der Waals surface area contributed by atoms with Crippen molar-refractivity contribution in [3.05, 3.63) is 75.8 Å². The molecule has 1 amide bonds. The second-order valence-electron chi connectivity index (χ2n) is 7.05. The number of amides is 1. The van der Waals surface area contributed by atoms with E-state index in [1.54, 1.807) is 24.1 Å². The summed E-state index contributed by atoms with van der Waals surface area (Å²) in [6.45, 7) is 6.60. The second-order valence-corrected chi connectivity index (χ2v) is 7.05. The van der Waals surface area contributed by atoms with Crippen LogP contribution in [0.25, 0.3) is 21.9 Å². The van der Waals surface area contributed by atoms with Crippen molar-refractivity contribution in [1.82, 2.24) is 4.57 Å². The van der Waals surface area contributed by atoms with Crippen molar-refractivity contribution < 1.29 is 9.21 Å². The average molecular weight is 374 g/mol. The lowest BCUT2D eigenvalue weighted by Gasteiger charge is -2.19. The van der Waals surface area contributed by atoms with Gasteiger partial charge in [0.2, 0.25) is 0 Å². The standard InChI is InChI=1S/C23H22N2O3/c1-5-25-19(22(26)24(4)16-11-10-14(2)15(3)12-16)13-18-21(25)17-8-6-7-9-20(17)28-23(18)27/h6-13H,5H2,1-4H3. The summed E-state index contributed by atoms with van der Waals surface area (Å²) in [6.07, 6.45) is 0. The van der Waals surface area contributed by atoms with Gasteiger partial charge in [-0.25, -0.2) is 4.79 Å². The van der Waals surface area contributed by atoms with Crippen LogP contribution < -0.4 is 10.5 Å². The van der Waals surface area contributed by atoms with Crippen LogP contribution in [0.2, 0.25) is 0 Å². The van der Waals surface area contributed by atoms with Crippen molar-refractivity contribution in [1.29, 1.82) is 0 Å². The molecule has 0 fully saturated rings. The van der Waals surface area contributed by atoms with E-state index in [1.807, 2.05) is 61.7 Å². The van der Waals surface area contributed by atoms with Gasteiger partial charge in [0.1, 0.15) is 11.3 Å². The Hall–Kier alpha value is -3.34. The largest absolute Gasteiger partial charge is 0.422 e. The van der Waals surface area contributed by atoms with Crippen LogP contribution in [-0.2, 0) is 6.54 Å². The first-order valence-electron chi connectivity index (χ1n) is 9.32. The summed E-state index contributed by atoms with van der Waals surface area (Å²) < 4.78 is 7.35. The molecule has 0 aliphatic rings. The minimum absolute atomic E-state index is 0.162. The van der Waals surface area contributed by atoms with Crippen molar-refractivity contribution in [3.8, 4) is 0 Å². The first kappa shape index (κ1) is 18.0. The molecule has 0 aliphatic carbocycles. The van der Waals surface area contributed by atoms with Gasteiger partial charge in [-0.15, -0.1) is 0 Å². The van der Waals surface area contributed by atoms with Crippen molar-refractivity contribution in [2.75, 3.05) is 11.9 Å². The lowest BCUT2D eigenvalue weighted by Crippen LogP contribution is -2.28. The number of carbonyl (C=O) groups is 1. The Morgan fingerprint density at radius 1 is 1.04 bits per heavy atom. The molecule has 0 unspecified atom stereocenters. The highest BCUT2D eigenvalue weighted by atomic mass is 16.4. The fourth-order valence-electron chi connectivity index (χ4n) is 3.63. The molecular formula is C23H22N2O3. The van der Waals surface area contributed by atoms with E-state index in [0.29, 0.717) is 23.2 Å². The Morgan fingerprint density at radius 2 is 1.79 bits per heavy atom. The third-order valence-corrected chi connectivity index (χ3v) is 5.38. The SMILES string of the molecule is CCn1c(C(=O)N(C)c2ccc(C)c(C)c2)cc2c(=O)oc3ccccc3c21. The lowest BCUT2D eigenvalue weighted by atomic mass is 10.1. The van der Waals surface area contributed by atoms with E-state index < -0.39 is 5.63 Å². The molecule has 142 valence electrons. The van der Waals surface area contributed by atoms with E-state index in [0.717, 1.165) is 22.2 Å². The molecule has 0 saturated carbocycles. The Balaban J connectivity index is 1.92. The first-order chi connectivity index (χ1) is 13.4. The van der Waals surface area contributed by atoms with Gasteiger partial charge in [0.15, 0.2) is 0 Å². The van der Waals surface area contributed by atoms with Gasteiger partial charge in [0, 0.05) is 24.7 Å². The fourth-order valence-corrected chi connectivity index (χ4v) is 3.63. The number of hydrogen-bond donors (Lipinski definition) is 0. The van der Waals surface area contributed by atoms with Gasteiger partial charge in [-0.1, -0.05) is 18.2 Å². The van der Waals surface area contributed by atoms with Crippen LogP contribution in [0.3, 0.4) is 0 Å². The highest BCUT2D eigenvalue weighted by Gasteiger charge is 2.23. The van der Waals surface area contributed by atoms with E-state index >= 15 is 0 Å². The van der Waals surface area contributed by atoms with E-state index in [1.165, 1.54) is 5.56 Å². The van der Waals surface area contributed by atoms with Crippen LogP contribution in [0.15, 0.2) is 57.7 Å². The number of rotatable bonds is 3. The van der Waals surface area contributed by atoms with E-state index in [4.69, 9.17) is 4.42 Å². The van der Waals surface area contributed by atoms with Gasteiger partial charge >= 0.3 is 5.63 Å². The van der Waals surface area contributed by atoms with Gasteiger partial charge in [-0.2, -0.15) is 0 Å². The first-order valence-corrected chi connectivity index (χ1v) is 9.32. The molecule has 5 heteroatoms. The predicted octanol–water partition coefficient (Wildman–Crippen LogP) is 4.66. The van der Waals surface area contributed by atoms with Crippen molar-refractivity contribution in [2.45, 2.75) is 27.3 Å². The summed E-state index contributed by atoms with van der Waals surface area (Å²) in [5, 5.41) is 1.25. The number of nitrogens with zero attached hydrogens (tertiary/aromatic N) is 2. The molecule has 4 rings (SSSR count). The topological polar surface area (TPSA) is 55.5 Å². The van der Waals surface area contributed by atoms with Gasteiger partial charge in [-0.05, 0) is 62.2 Å². The zero-order valence-electron chi connectivity index (χ0n) is 16.4. The molecule has 28 heavy (non-hydrogen) atoms. The predicted molar refractivity (Wildman–Crippen MR) is 112 cm³/mol. The number of carbonyl (C=O) groups excluding carboxylic acids is 1. The van der Waals surface area contributed by atoms with Crippen LogP contribution in [0, 0.1) is 13.8 Å². The molecule has 0 atom stereocenters. The zero-order chi connectivity index (χ0) is 20.0. The maximum atomic E-state index is 13.3. The summed E-state index contributed by atoms with van der Waals surface area (Å²) in [4.78, 5) is 27.4. The van der Waals surface area contributed by atoms with Gasteiger partial charge in [0.25, 0.3) is 5.91 Å². The smallest absolute Gasteiger partial charge is 0.345 e. The average Bonchev–Trinajstić information content (AvgIpc) is 3.09. The van der Waals surface area contributed by atoms with Gasteiger partial charge < -0.3 is 13.9 Å². The molecular weight excluding hydrogens is 352 g/mol. The Kier molecular flexibility index (Phi) is 4.30. The molecule has 0 saturated heterocycles.